The predicted octanol–water partition coefficient (Wildman–Crippen LogP) is 2.00. The van der Waals surface area contributed by atoms with Crippen LogP contribution in [0, 0.1) is 0 Å². The summed E-state index contributed by atoms with van der Waals surface area (Å²) in [7, 11) is 0. The third-order valence-electron chi connectivity index (χ3n) is 4.69. The van der Waals surface area contributed by atoms with Gasteiger partial charge in [0, 0.05) is 26.2 Å². The fraction of sp³-hybridized carbons (Fsp3) is 0.400. The number of thiocarbonyl (C=S) groups is 1. The van der Waals surface area contributed by atoms with Gasteiger partial charge in [-0.1, -0.05) is 18.2 Å². The first-order valence-corrected chi connectivity index (χ1v) is 10.2. The van der Waals surface area contributed by atoms with Crippen molar-refractivity contribution in [2.24, 2.45) is 16.0 Å². The third-order valence-corrected chi connectivity index (χ3v) is 4.77. The molecule has 1 saturated heterocycles. The number of nitrogens with zero attached hydrogens (tertiary/aromatic N) is 3. The predicted molar refractivity (Wildman–Crippen MR) is 117 cm³/mol. The largest absolute Gasteiger partial charge is 0.493 e. The topological polar surface area (TPSA) is 164 Å². The van der Waals surface area contributed by atoms with Gasteiger partial charge in [0.15, 0.2) is 30.2 Å². The zero-order valence-electron chi connectivity index (χ0n) is 18.0. The molecule has 176 valence electrons. The lowest BCUT2D eigenvalue weighted by molar-refractivity contribution is -0.239. The van der Waals surface area contributed by atoms with E-state index in [1.807, 2.05) is 0 Å². The van der Waals surface area contributed by atoms with Crippen molar-refractivity contribution in [3.8, 4) is 5.88 Å². The first kappa shape index (κ1) is 24.1. The molecule has 33 heavy (non-hydrogen) atoms. The number of fused-ring (bicyclic) bond motifs is 1. The summed E-state index contributed by atoms with van der Waals surface area (Å²) in [6, 6.07) is 6.77. The molecule has 0 radical (unpaired) electrons. The van der Waals surface area contributed by atoms with Crippen LogP contribution in [0.2, 0.25) is 0 Å². The van der Waals surface area contributed by atoms with Crippen LogP contribution in [0.5, 0.6) is 5.88 Å². The molecule has 1 aromatic carbocycles. The van der Waals surface area contributed by atoms with Gasteiger partial charge in [-0.2, -0.15) is 0 Å². The van der Waals surface area contributed by atoms with Crippen molar-refractivity contribution in [2.75, 3.05) is 6.61 Å². The van der Waals surface area contributed by atoms with Gasteiger partial charge in [-0.25, -0.2) is 0 Å². The second-order valence-corrected chi connectivity index (χ2v) is 7.54. The Balaban J connectivity index is 2.16. The van der Waals surface area contributed by atoms with Gasteiger partial charge in [-0.05, 0) is 18.3 Å². The van der Waals surface area contributed by atoms with Gasteiger partial charge in [-0.3, -0.25) is 19.0 Å². The van der Waals surface area contributed by atoms with Gasteiger partial charge < -0.3 is 29.8 Å². The van der Waals surface area contributed by atoms with E-state index in [0.717, 1.165) is 13.8 Å². The van der Waals surface area contributed by atoms with E-state index in [0.29, 0.717) is 10.9 Å². The Kier molecular flexibility index (Phi) is 7.23. The molecule has 1 aromatic heterocycles. The number of rotatable bonds is 5. The molecule has 0 amide bonds. The number of azo groups is 1. The molecule has 3 rings (SSSR count). The Labute approximate surface area is 193 Å². The van der Waals surface area contributed by atoms with Gasteiger partial charge in [0.1, 0.15) is 0 Å². The van der Waals surface area contributed by atoms with E-state index in [-0.39, 0.29) is 23.3 Å². The van der Waals surface area contributed by atoms with Crippen molar-refractivity contribution in [1.82, 2.24) is 4.57 Å². The number of esters is 3. The van der Waals surface area contributed by atoms with Gasteiger partial charge in [-0.15, -0.1) is 10.2 Å². The van der Waals surface area contributed by atoms with Crippen LogP contribution >= 0.6 is 12.2 Å². The Morgan fingerprint density at radius 1 is 1.09 bits per heavy atom. The summed E-state index contributed by atoms with van der Waals surface area (Å²) >= 11 is 4.72. The van der Waals surface area contributed by atoms with Gasteiger partial charge in [0.05, 0.1) is 12.1 Å². The summed E-state index contributed by atoms with van der Waals surface area (Å²) in [4.78, 5) is 35.3. The van der Waals surface area contributed by atoms with E-state index in [1.54, 1.807) is 24.3 Å². The second kappa shape index (κ2) is 9.92. The molecule has 0 saturated carbocycles. The average molecular weight is 478 g/mol. The van der Waals surface area contributed by atoms with Gasteiger partial charge in [0.25, 0.3) is 0 Å². The fourth-order valence-corrected chi connectivity index (χ4v) is 3.67. The first-order valence-electron chi connectivity index (χ1n) is 9.76. The van der Waals surface area contributed by atoms with Crippen LogP contribution in [0.15, 0.2) is 34.5 Å². The highest BCUT2D eigenvalue weighted by atomic mass is 32.1. The van der Waals surface area contributed by atoms with E-state index >= 15 is 0 Å². The molecular formula is C20H22N4O8S. The van der Waals surface area contributed by atoms with Crippen LogP contribution in [0.4, 0.5) is 5.69 Å². The van der Waals surface area contributed by atoms with E-state index < -0.39 is 42.4 Å². The number of ether oxygens (including phenoxy) is 4. The smallest absolute Gasteiger partial charge is 0.303 e. The maximum Gasteiger partial charge on any atom is 0.303 e. The zero-order valence-corrected chi connectivity index (χ0v) is 18.8. The first-order chi connectivity index (χ1) is 15.6. The molecule has 3 N–H and O–H groups in total. The lowest BCUT2D eigenvalue weighted by Gasteiger charge is -2.41. The maximum atomic E-state index is 11.9. The van der Waals surface area contributed by atoms with E-state index in [4.69, 9.17) is 36.9 Å². The fourth-order valence-electron chi connectivity index (χ4n) is 3.63. The summed E-state index contributed by atoms with van der Waals surface area (Å²) < 4.78 is 23.2. The van der Waals surface area contributed by atoms with E-state index in [9.17, 15) is 19.5 Å². The highest BCUT2D eigenvalue weighted by Crippen LogP contribution is 2.44. The number of hydrogen-bond donors (Lipinski definition) is 2. The van der Waals surface area contributed by atoms with Crippen molar-refractivity contribution in [3.63, 3.8) is 0 Å². The number of carbonyl (C=O) groups is 3. The molecule has 12 nitrogen and oxygen atoms in total. The van der Waals surface area contributed by atoms with Crippen LogP contribution in [-0.2, 0) is 33.3 Å². The van der Waals surface area contributed by atoms with E-state index in [1.165, 1.54) is 11.5 Å². The summed E-state index contributed by atoms with van der Waals surface area (Å²) in [6.45, 7) is 3.29. The molecule has 1 fully saturated rings. The van der Waals surface area contributed by atoms with Crippen LogP contribution < -0.4 is 5.73 Å². The zero-order chi connectivity index (χ0) is 24.3. The van der Waals surface area contributed by atoms with Crippen molar-refractivity contribution in [3.05, 3.63) is 24.3 Å². The van der Waals surface area contributed by atoms with Crippen molar-refractivity contribution in [2.45, 2.75) is 45.3 Å². The number of benzene rings is 1. The third kappa shape index (κ3) is 5.26. The molecule has 0 aliphatic carbocycles. The van der Waals surface area contributed by atoms with Crippen molar-refractivity contribution < 1.29 is 38.4 Å². The average Bonchev–Trinajstić information content (AvgIpc) is 2.99. The molecule has 2 aromatic rings. The molecule has 1 aliphatic rings. The highest BCUT2D eigenvalue weighted by molar-refractivity contribution is 7.80. The molecular weight excluding hydrogens is 456 g/mol. The minimum atomic E-state index is -1.29. The molecule has 0 bridgehead atoms. The second-order valence-electron chi connectivity index (χ2n) is 7.12. The Morgan fingerprint density at radius 3 is 2.30 bits per heavy atom. The van der Waals surface area contributed by atoms with Gasteiger partial charge in [0.2, 0.25) is 11.0 Å². The number of aromatic nitrogens is 1. The quantitative estimate of drug-likeness (QED) is 0.281. The molecule has 2 heterocycles. The highest BCUT2D eigenvalue weighted by Gasteiger charge is 2.48. The number of nitrogens with two attached hydrogens (primary N) is 1. The Bertz CT molecular complexity index is 1130. The molecule has 1 aliphatic heterocycles. The molecule has 0 unspecified atom stereocenters. The summed E-state index contributed by atoms with van der Waals surface area (Å²) in [5, 5.41) is 18.8. The monoisotopic (exact) mass is 478 g/mol. The summed E-state index contributed by atoms with van der Waals surface area (Å²) in [6.07, 6.45) is -4.73. The number of carbonyl (C=O) groups excluding carboxylic acids is 3. The molecule has 13 heteroatoms. The summed E-state index contributed by atoms with van der Waals surface area (Å²) in [5.74, 6) is -2.43. The molecule has 4 atom stereocenters. The van der Waals surface area contributed by atoms with Crippen LogP contribution in [0.25, 0.3) is 10.9 Å². The summed E-state index contributed by atoms with van der Waals surface area (Å²) in [5.41, 5.74) is 5.89. The standard InChI is InChI=1S/C20H22N4O8S/c1-9(25)30-14-8-29-19(17(32-11(3)27)16(14)31-10(2)26)24-13-7-5-4-6-12(13)15(18(24)28)22-23-20(21)33/h4-7,14,16-17,19,28H,8H2,1-3H3,(H2,21,33)/t14-,16+,17+,19+/m0/s1. The lowest BCUT2D eigenvalue weighted by Crippen LogP contribution is -2.55. The molecule has 0 spiro atoms. The van der Waals surface area contributed by atoms with Crippen molar-refractivity contribution in [1.29, 1.82) is 0 Å². The van der Waals surface area contributed by atoms with Crippen LogP contribution in [0.3, 0.4) is 0 Å². The minimum Gasteiger partial charge on any atom is -0.493 e. The lowest BCUT2D eigenvalue weighted by atomic mass is 10.0. The van der Waals surface area contributed by atoms with Crippen LogP contribution in [-0.4, -0.2) is 57.6 Å². The van der Waals surface area contributed by atoms with E-state index in [2.05, 4.69) is 10.2 Å². The number of hydrogen-bond acceptors (Lipinski definition) is 10. The Hall–Kier alpha value is -3.58. The SMILES string of the molecule is CC(=O)O[C@@H]1[C@H](OC(C)=O)[C@@H](OC(C)=O)CO[C@H]1n1c(O)c(N=NC(N)=S)c2ccccc21. The Morgan fingerprint density at radius 2 is 1.70 bits per heavy atom. The van der Waals surface area contributed by atoms with Crippen LogP contribution in [0.1, 0.15) is 27.0 Å². The van der Waals surface area contributed by atoms with Gasteiger partial charge >= 0.3 is 17.9 Å². The normalized spacial score (nSPS) is 22.8. The number of para-hydroxylation sites is 1. The minimum absolute atomic E-state index is 0.0507. The number of aromatic hydroxyl groups is 1. The van der Waals surface area contributed by atoms with Crippen molar-refractivity contribution >= 4 is 51.8 Å². The maximum absolute atomic E-state index is 11.9.